The number of carbonyl (C=O) groups is 1. The first-order valence-corrected chi connectivity index (χ1v) is 4.16. The molecule has 0 unspecified atom stereocenters. The molecule has 0 bridgehead atoms. The molecule has 0 amide bonds. The molecule has 62 valence electrons. The maximum absolute atomic E-state index is 10.5. The normalized spacial score (nSPS) is 29.4. The SMILES string of the molecule is CC1=C[C@H](C=O)CC(C)(C)C1. The average molecular weight is 152 g/mol. The molecule has 1 nitrogen and oxygen atoms in total. The zero-order valence-electron chi connectivity index (χ0n) is 7.55. The molecule has 1 rings (SSSR count). The molecule has 0 aromatic rings. The Morgan fingerprint density at radius 3 is 2.73 bits per heavy atom. The maximum Gasteiger partial charge on any atom is 0.126 e. The van der Waals surface area contributed by atoms with Crippen LogP contribution in [0.15, 0.2) is 11.6 Å². The third kappa shape index (κ3) is 2.18. The summed E-state index contributed by atoms with van der Waals surface area (Å²) in [5.74, 6) is 0.166. The summed E-state index contributed by atoms with van der Waals surface area (Å²) < 4.78 is 0. The van der Waals surface area contributed by atoms with Gasteiger partial charge in [-0.1, -0.05) is 25.5 Å². The van der Waals surface area contributed by atoms with Gasteiger partial charge in [0, 0.05) is 5.92 Å². The molecule has 0 saturated carbocycles. The lowest BCUT2D eigenvalue weighted by atomic mass is 9.74. The van der Waals surface area contributed by atoms with E-state index in [2.05, 4.69) is 26.8 Å². The number of hydrogen-bond acceptors (Lipinski definition) is 1. The number of carbonyl (C=O) groups excluding carboxylic acids is 1. The van der Waals surface area contributed by atoms with Gasteiger partial charge in [-0.25, -0.2) is 0 Å². The van der Waals surface area contributed by atoms with E-state index < -0.39 is 0 Å². The van der Waals surface area contributed by atoms with E-state index in [0.717, 1.165) is 19.1 Å². The Kier molecular flexibility index (Phi) is 2.17. The van der Waals surface area contributed by atoms with Gasteiger partial charge < -0.3 is 4.79 Å². The Morgan fingerprint density at radius 2 is 2.27 bits per heavy atom. The molecule has 11 heavy (non-hydrogen) atoms. The van der Waals surface area contributed by atoms with E-state index in [0.29, 0.717) is 5.41 Å². The van der Waals surface area contributed by atoms with Crippen LogP contribution in [0.25, 0.3) is 0 Å². The third-order valence-corrected chi connectivity index (χ3v) is 2.22. The molecule has 1 aliphatic carbocycles. The summed E-state index contributed by atoms with van der Waals surface area (Å²) in [5, 5.41) is 0. The van der Waals surface area contributed by atoms with Crippen LogP contribution in [0.3, 0.4) is 0 Å². The van der Waals surface area contributed by atoms with Crippen LogP contribution >= 0.6 is 0 Å². The van der Waals surface area contributed by atoms with Gasteiger partial charge in [0.2, 0.25) is 0 Å². The fourth-order valence-electron chi connectivity index (χ4n) is 2.04. The van der Waals surface area contributed by atoms with Crippen LogP contribution in [0.4, 0.5) is 0 Å². The van der Waals surface area contributed by atoms with Crippen molar-refractivity contribution in [2.24, 2.45) is 11.3 Å². The lowest BCUT2D eigenvalue weighted by Gasteiger charge is -2.31. The second kappa shape index (κ2) is 2.80. The smallest absolute Gasteiger partial charge is 0.126 e. The van der Waals surface area contributed by atoms with Crippen molar-refractivity contribution in [1.82, 2.24) is 0 Å². The second-order valence-electron chi connectivity index (χ2n) is 4.36. The van der Waals surface area contributed by atoms with Crippen molar-refractivity contribution in [3.63, 3.8) is 0 Å². The highest BCUT2D eigenvalue weighted by molar-refractivity contribution is 5.57. The van der Waals surface area contributed by atoms with Gasteiger partial charge in [-0.15, -0.1) is 0 Å². The average Bonchev–Trinajstić information content (AvgIpc) is 1.83. The van der Waals surface area contributed by atoms with E-state index in [1.54, 1.807) is 0 Å². The zero-order valence-corrected chi connectivity index (χ0v) is 7.55. The van der Waals surface area contributed by atoms with E-state index in [4.69, 9.17) is 0 Å². The van der Waals surface area contributed by atoms with Crippen molar-refractivity contribution in [1.29, 1.82) is 0 Å². The summed E-state index contributed by atoms with van der Waals surface area (Å²) in [7, 11) is 0. The van der Waals surface area contributed by atoms with Gasteiger partial charge in [0.25, 0.3) is 0 Å². The monoisotopic (exact) mass is 152 g/mol. The van der Waals surface area contributed by atoms with Crippen LogP contribution in [0.1, 0.15) is 33.6 Å². The zero-order chi connectivity index (χ0) is 8.48. The first-order valence-electron chi connectivity index (χ1n) is 4.16. The summed E-state index contributed by atoms with van der Waals surface area (Å²) in [5.41, 5.74) is 1.68. The summed E-state index contributed by atoms with van der Waals surface area (Å²) >= 11 is 0. The van der Waals surface area contributed by atoms with Gasteiger partial charge in [-0.05, 0) is 25.2 Å². The van der Waals surface area contributed by atoms with Gasteiger partial charge >= 0.3 is 0 Å². The first kappa shape index (κ1) is 8.51. The molecule has 0 radical (unpaired) electrons. The van der Waals surface area contributed by atoms with E-state index in [1.807, 2.05) is 0 Å². The van der Waals surface area contributed by atoms with E-state index in [-0.39, 0.29) is 5.92 Å². The van der Waals surface area contributed by atoms with Crippen molar-refractivity contribution in [3.05, 3.63) is 11.6 Å². The number of hydrogen-bond donors (Lipinski definition) is 0. The van der Waals surface area contributed by atoms with Crippen LogP contribution in [-0.2, 0) is 4.79 Å². The van der Waals surface area contributed by atoms with Gasteiger partial charge in [0.1, 0.15) is 6.29 Å². The molecule has 0 N–H and O–H groups in total. The minimum absolute atomic E-state index is 0.166. The van der Waals surface area contributed by atoms with Gasteiger partial charge in [0.15, 0.2) is 0 Å². The van der Waals surface area contributed by atoms with Crippen molar-refractivity contribution in [3.8, 4) is 0 Å². The number of allylic oxidation sites excluding steroid dienone is 2. The molecule has 0 aliphatic heterocycles. The van der Waals surface area contributed by atoms with E-state index in [1.165, 1.54) is 5.57 Å². The maximum atomic E-state index is 10.5. The Bertz CT molecular complexity index is 189. The van der Waals surface area contributed by atoms with E-state index in [9.17, 15) is 4.79 Å². The minimum atomic E-state index is 0.166. The van der Waals surface area contributed by atoms with Gasteiger partial charge in [-0.3, -0.25) is 0 Å². The first-order chi connectivity index (χ1) is 5.03. The van der Waals surface area contributed by atoms with Gasteiger partial charge in [-0.2, -0.15) is 0 Å². The van der Waals surface area contributed by atoms with E-state index >= 15 is 0 Å². The summed E-state index contributed by atoms with van der Waals surface area (Å²) in [4.78, 5) is 10.5. The third-order valence-electron chi connectivity index (χ3n) is 2.22. The molecular formula is C10H16O. The van der Waals surface area contributed by atoms with Crippen LogP contribution in [0.5, 0.6) is 0 Å². The fourth-order valence-corrected chi connectivity index (χ4v) is 2.04. The van der Waals surface area contributed by atoms with Crippen molar-refractivity contribution >= 4 is 6.29 Å². The standard InChI is InChI=1S/C10H16O/c1-8-4-9(7-11)6-10(2,3)5-8/h4,7,9H,5-6H2,1-3H3/t9-/m0/s1. The molecule has 0 aromatic carbocycles. The molecule has 0 spiro atoms. The van der Waals surface area contributed by atoms with Crippen molar-refractivity contribution in [2.45, 2.75) is 33.6 Å². The molecule has 0 saturated heterocycles. The molecule has 1 heteroatoms. The summed E-state index contributed by atoms with van der Waals surface area (Å²) in [6.07, 6.45) is 5.30. The molecule has 1 atom stereocenters. The Morgan fingerprint density at radius 1 is 1.64 bits per heavy atom. The van der Waals surface area contributed by atoms with Gasteiger partial charge in [0.05, 0.1) is 0 Å². The fraction of sp³-hybridized carbons (Fsp3) is 0.700. The molecule has 0 fully saturated rings. The van der Waals surface area contributed by atoms with Crippen molar-refractivity contribution < 1.29 is 4.79 Å². The molecule has 0 heterocycles. The highest BCUT2D eigenvalue weighted by Gasteiger charge is 2.26. The topological polar surface area (TPSA) is 17.1 Å². The minimum Gasteiger partial charge on any atom is -0.303 e. The van der Waals surface area contributed by atoms with Crippen LogP contribution in [0.2, 0.25) is 0 Å². The molecule has 1 aliphatic rings. The summed E-state index contributed by atoms with van der Waals surface area (Å²) in [6, 6.07) is 0. The van der Waals surface area contributed by atoms with Crippen LogP contribution < -0.4 is 0 Å². The lowest BCUT2D eigenvalue weighted by Crippen LogP contribution is -2.21. The van der Waals surface area contributed by atoms with Crippen LogP contribution in [-0.4, -0.2) is 6.29 Å². The Hall–Kier alpha value is -0.590. The number of rotatable bonds is 1. The quantitative estimate of drug-likeness (QED) is 0.417. The lowest BCUT2D eigenvalue weighted by molar-refractivity contribution is -0.110. The predicted molar refractivity (Wildman–Crippen MR) is 46.3 cm³/mol. The second-order valence-corrected chi connectivity index (χ2v) is 4.36. The largest absolute Gasteiger partial charge is 0.303 e. The molecular weight excluding hydrogens is 136 g/mol. The highest BCUT2D eigenvalue weighted by atomic mass is 16.1. The highest BCUT2D eigenvalue weighted by Crippen LogP contribution is 2.36. The Labute approximate surface area is 68.5 Å². The van der Waals surface area contributed by atoms with Crippen molar-refractivity contribution in [2.75, 3.05) is 0 Å². The summed E-state index contributed by atoms with van der Waals surface area (Å²) in [6.45, 7) is 6.55. The van der Waals surface area contributed by atoms with Crippen LogP contribution in [0, 0.1) is 11.3 Å². The predicted octanol–water partition coefficient (Wildman–Crippen LogP) is 2.57. The molecule has 0 aromatic heterocycles. The Balaban J connectivity index is 2.76. The number of aldehydes is 1.